The van der Waals surface area contributed by atoms with Crippen LogP contribution in [0.15, 0.2) is 24.3 Å². The van der Waals surface area contributed by atoms with Crippen LogP contribution in [0.25, 0.3) is 0 Å². The fraction of sp³-hybridized carbons (Fsp3) is 0.571. The molecule has 1 saturated carbocycles. The number of benzene rings is 1. The summed E-state index contributed by atoms with van der Waals surface area (Å²) in [6, 6.07) is 6.53. The van der Waals surface area contributed by atoms with Gasteiger partial charge in [0.25, 0.3) is 0 Å². The van der Waals surface area contributed by atoms with E-state index in [1.54, 1.807) is 18.2 Å². The van der Waals surface area contributed by atoms with Crippen molar-refractivity contribution in [3.8, 4) is 5.75 Å². The highest BCUT2D eigenvalue weighted by Gasteiger charge is 2.51. The largest absolute Gasteiger partial charge is 0.489 e. The van der Waals surface area contributed by atoms with Gasteiger partial charge in [-0.25, -0.2) is 4.39 Å². The number of nitrogens with one attached hydrogen (secondary N) is 2. The summed E-state index contributed by atoms with van der Waals surface area (Å²) in [6.07, 6.45) is 0. The maximum Gasteiger partial charge on any atom is 0.165 e. The van der Waals surface area contributed by atoms with Crippen molar-refractivity contribution in [3.63, 3.8) is 0 Å². The van der Waals surface area contributed by atoms with Gasteiger partial charge in [-0.1, -0.05) is 12.1 Å². The first-order chi connectivity index (χ1) is 8.86. The number of para-hydroxylation sites is 1. The summed E-state index contributed by atoms with van der Waals surface area (Å²) in [5.41, 5.74) is 0. The van der Waals surface area contributed by atoms with Gasteiger partial charge in [-0.15, -0.1) is 24.8 Å². The lowest BCUT2D eigenvalue weighted by Crippen LogP contribution is -2.26. The Kier molecular flexibility index (Phi) is 7.03. The lowest BCUT2D eigenvalue weighted by molar-refractivity contribution is 0.297. The number of hydrogen-bond donors (Lipinski definition) is 2. The average molecular weight is 323 g/mol. The Morgan fingerprint density at radius 1 is 1.20 bits per heavy atom. The second kappa shape index (κ2) is 8.03. The predicted octanol–water partition coefficient (Wildman–Crippen LogP) is 2.10. The zero-order chi connectivity index (χ0) is 12.4. The zero-order valence-electron chi connectivity index (χ0n) is 11.2. The van der Waals surface area contributed by atoms with Gasteiger partial charge >= 0.3 is 0 Å². The fourth-order valence-electron chi connectivity index (χ4n) is 2.91. The number of ether oxygens (including phenoxy) is 1. The third-order valence-electron chi connectivity index (χ3n) is 4.02. The van der Waals surface area contributed by atoms with E-state index in [4.69, 9.17) is 4.74 Å². The van der Waals surface area contributed by atoms with E-state index >= 15 is 0 Å². The topological polar surface area (TPSA) is 33.3 Å². The third-order valence-corrected chi connectivity index (χ3v) is 4.02. The van der Waals surface area contributed by atoms with Gasteiger partial charge in [-0.05, 0) is 49.5 Å². The molecule has 3 atom stereocenters. The van der Waals surface area contributed by atoms with Gasteiger partial charge in [0.1, 0.15) is 6.61 Å². The summed E-state index contributed by atoms with van der Waals surface area (Å²) in [5.74, 6) is 2.68. The SMILES string of the molecule is Cl.Cl.Fc1ccccc1OCCNCC1[C@H]2CNC[C@@H]12. The zero-order valence-corrected chi connectivity index (χ0v) is 12.8. The molecule has 1 aromatic rings. The van der Waals surface area contributed by atoms with E-state index in [0.29, 0.717) is 12.4 Å². The van der Waals surface area contributed by atoms with Crippen molar-refractivity contribution in [2.75, 3.05) is 32.8 Å². The molecule has 3 rings (SSSR count). The van der Waals surface area contributed by atoms with Gasteiger partial charge in [0.2, 0.25) is 0 Å². The van der Waals surface area contributed by atoms with E-state index < -0.39 is 0 Å². The summed E-state index contributed by atoms with van der Waals surface area (Å²) in [7, 11) is 0. The van der Waals surface area contributed by atoms with Crippen LogP contribution < -0.4 is 15.4 Å². The second-order valence-corrected chi connectivity index (χ2v) is 5.13. The normalized spacial score (nSPS) is 26.1. The highest BCUT2D eigenvalue weighted by atomic mass is 35.5. The predicted molar refractivity (Wildman–Crippen MR) is 82.6 cm³/mol. The summed E-state index contributed by atoms with van der Waals surface area (Å²) >= 11 is 0. The number of piperidine rings is 1. The van der Waals surface area contributed by atoms with Crippen molar-refractivity contribution in [1.82, 2.24) is 10.6 Å². The first kappa shape index (κ1) is 17.5. The van der Waals surface area contributed by atoms with Gasteiger partial charge < -0.3 is 15.4 Å². The Morgan fingerprint density at radius 2 is 1.90 bits per heavy atom. The molecular formula is C14H21Cl2FN2O. The van der Waals surface area contributed by atoms with Crippen LogP contribution in [0.1, 0.15) is 0 Å². The van der Waals surface area contributed by atoms with Crippen molar-refractivity contribution >= 4 is 24.8 Å². The van der Waals surface area contributed by atoms with E-state index in [1.807, 2.05) is 0 Å². The van der Waals surface area contributed by atoms with Crippen LogP contribution in [0.2, 0.25) is 0 Å². The highest BCUT2D eigenvalue weighted by Crippen LogP contribution is 2.47. The molecule has 2 aliphatic rings. The average Bonchev–Trinajstić information content (AvgIpc) is 2.83. The van der Waals surface area contributed by atoms with Crippen molar-refractivity contribution in [1.29, 1.82) is 0 Å². The fourth-order valence-corrected chi connectivity index (χ4v) is 2.91. The molecule has 1 aliphatic carbocycles. The van der Waals surface area contributed by atoms with Crippen LogP contribution in [-0.4, -0.2) is 32.8 Å². The van der Waals surface area contributed by atoms with Crippen molar-refractivity contribution in [2.45, 2.75) is 0 Å². The van der Waals surface area contributed by atoms with Gasteiger partial charge in [0.15, 0.2) is 11.6 Å². The number of hydrogen-bond acceptors (Lipinski definition) is 3. The number of rotatable bonds is 6. The van der Waals surface area contributed by atoms with E-state index in [2.05, 4.69) is 10.6 Å². The Balaban J connectivity index is 0.000001000. The molecule has 2 fully saturated rings. The van der Waals surface area contributed by atoms with Crippen LogP contribution >= 0.6 is 24.8 Å². The van der Waals surface area contributed by atoms with Crippen LogP contribution in [0, 0.1) is 23.6 Å². The van der Waals surface area contributed by atoms with Gasteiger partial charge in [0.05, 0.1) is 0 Å². The molecule has 0 aromatic heterocycles. The van der Waals surface area contributed by atoms with Crippen LogP contribution in [0.3, 0.4) is 0 Å². The Bertz CT molecular complexity index is 412. The molecular weight excluding hydrogens is 302 g/mol. The molecule has 0 bridgehead atoms. The number of halogens is 3. The number of fused-ring (bicyclic) bond motifs is 1. The van der Waals surface area contributed by atoms with Crippen LogP contribution in [0.4, 0.5) is 4.39 Å². The Labute approximate surface area is 131 Å². The molecule has 0 amide bonds. The van der Waals surface area contributed by atoms with Crippen LogP contribution in [-0.2, 0) is 0 Å². The molecule has 1 saturated heterocycles. The minimum Gasteiger partial charge on any atom is -0.489 e. The molecule has 1 aromatic carbocycles. The minimum atomic E-state index is -0.291. The molecule has 6 heteroatoms. The van der Waals surface area contributed by atoms with E-state index in [1.165, 1.54) is 19.2 Å². The summed E-state index contributed by atoms with van der Waals surface area (Å²) in [6.45, 7) is 4.72. The molecule has 1 heterocycles. The van der Waals surface area contributed by atoms with Crippen LogP contribution in [0.5, 0.6) is 5.75 Å². The molecule has 0 spiro atoms. The maximum absolute atomic E-state index is 13.2. The van der Waals surface area contributed by atoms with Crippen molar-refractivity contribution < 1.29 is 9.13 Å². The first-order valence-electron chi connectivity index (χ1n) is 6.65. The summed E-state index contributed by atoms with van der Waals surface area (Å²) < 4.78 is 18.6. The van der Waals surface area contributed by atoms with E-state index in [-0.39, 0.29) is 30.6 Å². The standard InChI is InChI=1S/C14H19FN2O.2ClH/c15-13-3-1-2-4-14(13)18-6-5-16-7-10-11-8-17-9-12(10)11;;/h1-4,10-12,16-17H,5-9H2;2*1H/t10?,11-,12+;;. The van der Waals surface area contributed by atoms with Gasteiger partial charge in [-0.3, -0.25) is 0 Å². The first-order valence-corrected chi connectivity index (χ1v) is 6.65. The van der Waals surface area contributed by atoms with Crippen molar-refractivity contribution in [3.05, 3.63) is 30.1 Å². The lowest BCUT2D eigenvalue weighted by Gasteiger charge is -2.09. The smallest absolute Gasteiger partial charge is 0.165 e. The summed E-state index contributed by atoms with van der Waals surface area (Å²) in [5, 5.41) is 6.78. The quantitative estimate of drug-likeness (QED) is 0.787. The molecule has 20 heavy (non-hydrogen) atoms. The molecule has 3 nitrogen and oxygen atoms in total. The lowest BCUT2D eigenvalue weighted by atomic mass is 10.3. The summed E-state index contributed by atoms with van der Waals surface area (Å²) in [4.78, 5) is 0. The molecule has 114 valence electrons. The Hall–Kier alpha value is -0.550. The Morgan fingerprint density at radius 3 is 2.60 bits per heavy atom. The van der Waals surface area contributed by atoms with Crippen molar-refractivity contribution in [2.24, 2.45) is 17.8 Å². The highest BCUT2D eigenvalue weighted by molar-refractivity contribution is 5.85. The minimum absolute atomic E-state index is 0. The second-order valence-electron chi connectivity index (χ2n) is 5.13. The third kappa shape index (κ3) is 3.98. The molecule has 2 N–H and O–H groups in total. The molecule has 1 unspecified atom stereocenters. The van der Waals surface area contributed by atoms with Gasteiger partial charge in [-0.2, -0.15) is 0 Å². The van der Waals surface area contributed by atoms with E-state index in [9.17, 15) is 4.39 Å². The maximum atomic E-state index is 13.2. The monoisotopic (exact) mass is 322 g/mol. The molecule has 0 radical (unpaired) electrons. The van der Waals surface area contributed by atoms with E-state index in [0.717, 1.165) is 30.8 Å². The molecule has 1 aliphatic heterocycles. The van der Waals surface area contributed by atoms with Gasteiger partial charge in [0, 0.05) is 6.54 Å².